The van der Waals surface area contributed by atoms with Gasteiger partial charge in [-0.1, -0.05) is 23.7 Å². The minimum atomic E-state index is -0.250. The number of benzene rings is 1. The van der Waals surface area contributed by atoms with Crippen molar-refractivity contribution in [3.05, 3.63) is 41.2 Å². The normalized spacial score (nSPS) is 24.0. The number of ether oxygens (including phenoxy) is 1. The number of morpholine rings is 1. The molecule has 1 amide bonds. The van der Waals surface area contributed by atoms with Crippen molar-refractivity contribution in [3.63, 3.8) is 0 Å². The Bertz CT molecular complexity index is 772. The molecule has 2 aromatic rings. The summed E-state index contributed by atoms with van der Waals surface area (Å²) in [5.41, 5.74) is 1.13. The fourth-order valence-electron chi connectivity index (χ4n) is 3.53. The molecule has 4 rings (SSSR count). The number of hydrogen-bond acceptors (Lipinski definition) is 7. The summed E-state index contributed by atoms with van der Waals surface area (Å²) in [5, 5.41) is 21.4. The summed E-state index contributed by atoms with van der Waals surface area (Å²) >= 11 is 5.95. The molecule has 0 saturated carbocycles. The number of carbonyl (C=O) groups excluding carboxylic acids is 1. The lowest BCUT2D eigenvalue weighted by molar-refractivity contribution is -0.123. The second kappa shape index (κ2) is 9.58. The summed E-state index contributed by atoms with van der Waals surface area (Å²) < 4.78 is 7.44. The molecule has 2 fully saturated rings. The molecule has 0 aliphatic carbocycles. The largest absolute Gasteiger partial charge is 0.483 e. The number of nitrogens with one attached hydrogen (secondary N) is 1. The lowest BCUT2D eigenvalue weighted by atomic mass is 10.1. The Balaban J connectivity index is 0.000000706. The van der Waals surface area contributed by atoms with E-state index in [9.17, 15) is 4.79 Å². The molecule has 0 radical (unpaired) electrons. The van der Waals surface area contributed by atoms with Crippen LogP contribution in [-0.4, -0.2) is 74.4 Å². The topological polar surface area (TPSA) is 122 Å². The number of halogens is 1. The Morgan fingerprint density at radius 2 is 2.11 bits per heavy atom. The first kappa shape index (κ1) is 20.2. The maximum absolute atomic E-state index is 12.1. The summed E-state index contributed by atoms with van der Waals surface area (Å²) in [4.78, 5) is 22.9. The van der Waals surface area contributed by atoms with Gasteiger partial charge in [0.15, 0.2) is 0 Å². The van der Waals surface area contributed by atoms with E-state index in [1.54, 1.807) is 0 Å². The Hall–Kier alpha value is -2.56. The van der Waals surface area contributed by atoms with E-state index in [1.165, 1.54) is 11.0 Å². The van der Waals surface area contributed by atoms with Crippen LogP contribution in [0.3, 0.4) is 0 Å². The van der Waals surface area contributed by atoms with Crippen molar-refractivity contribution >= 4 is 24.0 Å². The molecule has 0 unspecified atom stereocenters. The van der Waals surface area contributed by atoms with Crippen molar-refractivity contribution < 1.29 is 19.4 Å². The number of hydrogen-bond donors (Lipinski definition) is 2. The van der Waals surface area contributed by atoms with Gasteiger partial charge in [0.05, 0.1) is 12.7 Å². The van der Waals surface area contributed by atoms with E-state index in [-0.39, 0.29) is 31.1 Å². The third-order valence-electron chi connectivity index (χ3n) is 4.72. The lowest BCUT2D eigenvalue weighted by Gasteiger charge is -2.35. The quantitative estimate of drug-likeness (QED) is 0.695. The number of carbonyl (C=O) groups is 2. The monoisotopic (exact) mass is 408 g/mol. The average molecular weight is 409 g/mol. The zero-order chi connectivity index (χ0) is 19.9. The van der Waals surface area contributed by atoms with Crippen LogP contribution in [0.5, 0.6) is 0 Å². The molecule has 2 N–H and O–H groups in total. The highest BCUT2D eigenvalue weighted by molar-refractivity contribution is 6.30. The van der Waals surface area contributed by atoms with Crippen LogP contribution in [0.1, 0.15) is 18.1 Å². The second-order valence-corrected chi connectivity index (χ2v) is 7.03. The van der Waals surface area contributed by atoms with Gasteiger partial charge in [0.2, 0.25) is 5.91 Å². The average Bonchev–Trinajstić information content (AvgIpc) is 3.31. The molecule has 1 aromatic carbocycles. The molecule has 28 heavy (non-hydrogen) atoms. The summed E-state index contributed by atoms with van der Waals surface area (Å²) in [6.07, 6.45) is 2.38. The molecule has 3 heterocycles. The van der Waals surface area contributed by atoms with Crippen LogP contribution in [0.15, 0.2) is 30.6 Å². The van der Waals surface area contributed by atoms with Crippen LogP contribution < -0.4 is 5.32 Å². The van der Waals surface area contributed by atoms with Crippen molar-refractivity contribution in [2.75, 3.05) is 19.7 Å². The van der Waals surface area contributed by atoms with Crippen LogP contribution in [-0.2, 0) is 20.9 Å². The van der Waals surface area contributed by atoms with Gasteiger partial charge in [-0.15, -0.1) is 5.10 Å². The first-order chi connectivity index (χ1) is 13.6. The van der Waals surface area contributed by atoms with Crippen LogP contribution in [0.4, 0.5) is 0 Å². The van der Waals surface area contributed by atoms with Crippen molar-refractivity contribution in [1.82, 2.24) is 30.4 Å². The molecule has 2 aliphatic heterocycles. The van der Waals surface area contributed by atoms with E-state index in [4.69, 9.17) is 26.2 Å². The summed E-state index contributed by atoms with van der Waals surface area (Å²) in [7, 11) is 0. The molecule has 0 bridgehead atoms. The molecule has 11 heteroatoms. The molecule has 1 aromatic heterocycles. The summed E-state index contributed by atoms with van der Waals surface area (Å²) in [6.45, 7) is 2.22. The SMILES string of the molecule is O=C(Cn1cnnn1)N[C@@H]1C[C@H]2CO[C@@H](c3ccc(Cl)cc3)CN2C1.O=CO. The number of carboxylic acid groups (broad SMARTS) is 1. The van der Waals surface area contributed by atoms with Crippen LogP contribution in [0.25, 0.3) is 0 Å². The van der Waals surface area contributed by atoms with E-state index in [0.29, 0.717) is 12.6 Å². The number of fused-ring (bicyclic) bond motifs is 1. The number of aromatic nitrogens is 4. The lowest BCUT2D eigenvalue weighted by Crippen LogP contribution is -2.43. The summed E-state index contributed by atoms with van der Waals surface area (Å²) in [5.74, 6) is -0.0766. The van der Waals surface area contributed by atoms with Gasteiger partial charge in [0, 0.05) is 30.2 Å². The van der Waals surface area contributed by atoms with Crippen LogP contribution >= 0.6 is 11.6 Å². The van der Waals surface area contributed by atoms with Crippen LogP contribution in [0, 0.1) is 0 Å². The smallest absolute Gasteiger partial charge is 0.290 e. The van der Waals surface area contributed by atoms with Crippen molar-refractivity contribution in [3.8, 4) is 0 Å². The Morgan fingerprint density at radius 3 is 2.79 bits per heavy atom. The standard InChI is InChI=1S/C16H19ClN6O2.CH2O2/c17-12-3-1-11(2-4-12)15-7-22-6-13(5-14(22)9-25-15)19-16(24)8-23-10-18-20-21-23;2-1-3/h1-4,10,13-15H,5-9H2,(H,19,24);1H,(H,2,3)/t13-,14+,15-;/m1./s1. The molecule has 2 aliphatic rings. The number of amides is 1. The van der Waals surface area contributed by atoms with Gasteiger partial charge in [0.1, 0.15) is 12.9 Å². The zero-order valence-corrected chi connectivity index (χ0v) is 15.8. The highest BCUT2D eigenvalue weighted by atomic mass is 35.5. The minimum Gasteiger partial charge on any atom is -0.483 e. The third-order valence-corrected chi connectivity index (χ3v) is 4.97. The van der Waals surface area contributed by atoms with Crippen LogP contribution in [0.2, 0.25) is 5.02 Å². The molecular weight excluding hydrogens is 388 g/mol. The fraction of sp³-hybridized carbons (Fsp3) is 0.471. The molecule has 10 nitrogen and oxygen atoms in total. The van der Waals surface area contributed by atoms with Gasteiger partial charge in [-0.25, -0.2) is 4.68 Å². The summed E-state index contributed by atoms with van der Waals surface area (Å²) in [6, 6.07) is 8.27. The van der Waals surface area contributed by atoms with Crippen molar-refractivity contribution in [1.29, 1.82) is 0 Å². The predicted molar refractivity (Wildman–Crippen MR) is 98.6 cm³/mol. The highest BCUT2D eigenvalue weighted by Crippen LogP contribution is 2.30. The van der Waals surface area contributed by atoms with Crippen molar-refractivity contribution in [2.45, 2.75) is 31.2 Å². The Kier molecular flexibility index (Phi) is 6.90. The Labute approximate surface area is 166 Å². The number of tetrazole rings is 1. The van der Waals surface area contributed by atoms with E-state index in [0.717, 1.165) is 30.1 Å². The molecule has 3 atom stereocenters. The van der Waals surface area contributed by atoms with E-state index < -0.39 is 0 Å². The zero-order valence-electron chi connectivity index (χ0n) is 15.0. The van der Waals surface area contributed by atoms with Gasteiger partial charge in [-0.3, -0.25) is 14.5 Å². The van der Waals surface area contributed by atoms with E-state index in [2.05, 4.69) is 25.7 Å². The molecule has 2 saturated heterocycles. The van der Waals surface area contributed by atoms with Gasteiger partial charge in [0.25, 0.3) is 6.47 Å². The van der Waals surface area contributed by atoms with Gasteiger partial charge in [-0.2, -0.15) is 0 Å². The van der Waals surface area contributed by atoms with E-state index >= 15 is 0 Å². The van der Waals surface area contributed by atoms with Crippen molar-refractivity contribution in [2.24, 2.45) is 0 Å². The maximum atomic E-state index is 12.1. The first-order valence-electron chi connectivity index (χ1n) is 8.78. The molecule has 0 spiro atoms. The molecular formula is C17H21ClN6O4. The fourth-order valence-corrected chi connectivity index (χ4v) is 3.66. The van der Waals surface area contributed by atoms with E-state index in [1.807, 2.05) is 24.3 Å². The molecule has 150 valence electrons. The van der Waals surface area contributed by atoms with Gasteiger partial charge < -0.3 is 15.2 Å². The maximum Gasteiger partial charge on any atom is 0.290 e. The first-order valence-corrected chi connectivity index (χ1v) is 9.16. The highest BCUT2D eigenvalue weighted by Gasteiger charge is 2.38. The number of rotatable bonds is 4. The second-order valence-electron chi connectivity index (χ2n) is 6.59. The number of nitrogens with zero attached hydrogens (tertiary/aromatic N) is 5. The third kappa shape index (κ3) is 5.24. The predicted octanol–water partition coefficient (Wildman–Crippen LogP) is 0.358. The minimum absolute atomic E-state index is 0.0455. The van der Waals surface area contributed by atoms with Gasteiger partial charge in [-0.05, 0) is 34.5 Å². The Morgan fingerprint density at radius 1 is 1.36 bits per heavy atom. The van der Waals surface area contributed by atoms with Gasteiger partial charge >= 0.3 is 0 Å².